The Kier molecular flexibility index (Phi) is 9.11. The van der Waals surface area contributed by atoms with Crippen LogP contribution < -0.4 is 14.8 Å². The molecule has 1 unspecified atom stereocenters. The van der Waals surface area contributed by atoms with Crippen LogP contribution in [0.25, 0.3) is 11.3 Å². The highest BCUT2D eigenvalue weighted by atomic mass is 32.2. The minimum Gasteiger partial charge on any atom is -0.593 e. The molecule has 2 heterocycles. The summed E-state index contributed by atoms with van der Waals surface area (Å²) in [6.07, 6.45) is 3.36. The van der Waals surface area contributed by atoms with E-state index in [9.17, 15) is 9.81 Å². The van der Waals surface area contributed by atoms with Crippen LogP contribution in [0.3, 0.4) is 0 Å². The zero-order chi connectivity index (χ0) is 25.3. The normalized spacial score (nSPS) is 14.9. The van der Waals surface area contributed by atoms with E-state index in [0.717, 1.165) is 30.6 Å². The second kappa shape index (κ2) is 12.7. The first-order valence-electron chi connectivity index (χ1n) is 11.8. The molecule has 188 valence electrons. The fourth-order valence-electron chi connectivity index (χ4n) is 3.67. The van der Waals surface area contributed by atoms with Crippen molar-refractivity contribution in [1.82, 2.24) is 19.6 Å². The predicted octanol–water partition coefficient (Wildman–Crippen LogP) is 3.49. The summed E-state index contributed by atoms with van der Waals surface area (Å²) < 4.78 is 26.8. The van der Waals surface area contributed by atoms with Crippen LogP contribution in [0.1, 0.15) is 18.4 Å². The van der Waals surface area contributed by atoms with Crippen LogP contribution in [0.15, 0.2) is 59.6 Å². The Hall–Kier alpha value is -3.20. The molecule has 1 atom stereocenters. The highest BCUT2D eigenvalue weighted by Crippen LogP contribution is 2.28. The van der Waals surface area contributed by atoms with Gasteiger partial charge in [0.2, 0.25) is 5.95 Å². The Morgan fingerprint density at radius 2 is 1.94 bits per heavy atom. The van der Waals surface area contributed by atoms with Crippen LogP contribution in [-0.2, 0) is 16.1 Å². The Morgan fingerprint density at radius 1 is 1.17 bits per heavy atom. The molecule has 2 N–H and O–H groups in total. The zero-order valence-electron chi connectivity index (χ0n) is 20.4. The maximum absolute atomic E-state index is 12.4. The maximum Gasteiger partial charge on any atom is 0.227 e. The Morgan fingerprint density at radius 3 is 2.67 bits per heavy atom. The number of benzene rings is 2. The third-order valence-electron chi connectivity index (χ3n) is 5.63. The topological polar surface area (TPSA) is 118 Å². The van der Waals surface area contributed by atoms with Crippen molar-refractivity contribution < 1.29 is 14.0 Å². The lowest BCUT2D eigenvalue weighted by atomic mass is 10.1. The molecule has 1 saturated heterocycles. The number of anilines is 2. The number of likely N-dealkylation sites (N-methyl/N-ethyl adjacent to an activating group) is 1. The number of nitriles is 1. The van der Waals surface area contributed by atoms with E-state index in [4.69, 9.17) is 9.47 Å². The molecule has 0 spiro atoms. The standard InChI is InChI=1S/C26H30N6O3S/c1-32(2)14-13-29-36(33)23-6-4-21(5-7-23)30-26-28-12-9-24(31-26)19-3-8-25(20(17-19)18-27)35-22-10-15-34-16-11-22/h3-9,12,17,22,29H,10-11,13-16H2,1-2H3,(H,28,30,31). The predicted molar refractivity (Wildman–Crippen MR) is 139 cm³/mol. The zero-order valence-corrected chi connectivity index (χ0v) is 21.3. The maximum atomic E-state index is 12.4. The fraction of sp³-hybridized carbons (Fsp3) is 0.346. The molecule has 3 aromatic rings. The first kappa shape index (κ1) is 25.9. The molecule has 1 aromatic heterocycles. The lowest BCUT2D eigenvalue weighted by Crippen LogP contribution is -2.31. The van der Waals surface area contributed by atoms with Crippen LogP contribution in [0.5, 0.6) is 5.75 Å². The van der Waals surface area contributed by atoms with Gasteiger partial charge in [0.15, 0.2) is 4.90 Å². The summed E-state index contributed by atoms with van der Waals surface area (Å²) in [4.78, 5) is 11.6. The van der Waals surface area contributed by atoms with Crippen LogP contribution in [0.2, 0.25) is 0 Å². The molecular weight excluding hydrogens is 476 g/mol. The average molecular weight is 507 g/mol. The van der Waals surface area contributed by atoms with Crippen molar-refractivity contribution in [1.29, 1.82) is 5.26 Å². The van der Waals surface area contributed by atoms with Gasteiger partial charge in [-0.1, -0.05) is 0 Å². The molecule has 9 nitrogen and oxygen atoms in total. The smallest absolute Gasteiger partial charge is 0.227 e. The van der Waals surface area contributed by atoms with E-state index >= 15 is 0 Å². The quantitative estimate of drug-likeness (QED) is 0.398. The number of nitrogens with one attached hydrogen (secondary N) is 2. The largest absolute Gasteiger partial charge is 0.593 e. The van der Waals surface area contributed by atoms with Gasteiger partial charge in [-0.05, 0) is 62.6 Å². The van der Waals surface area contributed by atoms with Gasteiger partial charge >= 0.3 is 0 Å². The van der Waals surface area contributed by atoms with E-state index in [2.05, 4.69) is 26.1 Å². The number of hydrogen-bond acceptors (Lipinski definition) is 9. The average Bonchev–Trinajstić information content (AvgIpc) is 2.90. The summed E-state index contributed by atoms with van der Waals surface area (Å²) in [5.41, 5.74) is 2.73. The van der Waals surface area contributed by atoms with Crippen molar-refractivity contribution in [2.45, 2.75) is 23.8 Å². The molecule has 1 aliphatic rings. The molecular formula is C26H30N6O3S. The Bertz CT molecular complexity index is 1180. The van der Waals surface area contributed by atoms with Crippen molar-refractivity contribution >= 4 is 23.0 Å². The number of hydrogen-bond donors (Lipinski definition) is 2. The second-order valence-electron chi connectivity index (χ2n) is 8.63. The van der Waals surface area contributed by atoms with Crippen molar-refractivity contribution in [3.8, 4) is 23.1 Å². The summed E-state index contributed by atoms with van der Waals surface area (Å²) in [6, 6.07) is 16.8. The fourth-order valence-corrected chi connectivity index (χ4v) is 4.50. The summed E-state index contributed by atoms with van der Waals surface area (Å²) in [6.45, 7) is 2.79. The van der Waals surface area contributed by atoms with Gasteiger partial charge in [-0.25, -0.2) is 9.97 Å². The van der Waals surface area contributed by atoms with Crippen LogP contribution in [-0.4, -0.2) is 65.9 Å². The third kappa shape index (κ3) is 7.16. The van der Waals surface area contributed by atoms with Crippen molar-refractivity contribution in [2.75, 3.05) is 45.7 Å². The molecule has 1 fully saturated rings. The monoisotopic (exact) mass is 506 g/mol. The van der Waals surface area contributed by atoms with Crippen molar-refractivity contribution in [2.24, 2.45) is 0 Å². The van der Waals surface area contributed by atoms with Gasteiger partial charge in [-0.15, -0.1) is 4.72 Å². The third-order valence-corrected chi connectivity index (χ3v) is 6.80. The number of aromatic nitrogens is 2. The van der Waals surface area contributed by atoms with Gasteiger partial charge in [0.05, 0.1) is 42.4 Å². The first-order valence-corrected chi connectivity index (χ1v) is 13.0. The lowest BCUT2D eigenvalue weighted by Gasteiger charge is -2.23. The molecule has 2 aromatic carbocycles. The summed E-state index contributed by atoms with van der Waals surface area (Å²) in [7, 11) is 3.95. The SMILES string of the molecule is CN(C)CCN[S+]([O-])c1ccc(Nc2nccc(-c3ccc(OC4CCOCC4)c(C#N)c3)n2)cc1. The highest BCUT2D eigenvalue weighted by molar-refractivity contribution is 7.89. The molecule has 4 rings (SSSR count). The Balaban J connectivity index is 1.42. The molecule has 10 heteroatoms. The second-order valence-corrected chi connectivity index (χ2v) is 9.93. The van der Waals surface area contributed by atoms with E-state index < -0.39 is 11.4 Å². The number of ether oxygens (including phenoxy) is 2. The summed E-state index contributed by atoms with van der Waals surface area (Å²) in [5.74, 6) is 1.00. The number of nitrogens with zero attached hydrogens (tertiary/aromatic N) is 4. The van der Waals surface area contributed by atoms with Gasteiger partial charge in [0.25, 0.3) is 0 Å². The molecule has 0 bridgehead atoms. The Labute approximate surface area is 214 Å². The van der Waals surface area contributed by atoms with Gasteiger partial charge < -0.3 is 24.2 Å². The lowest BCUT2D eigenvalue weighted by molar-refractivity contribution is 0.0254. The molecule has 0 aliphatic carbocycles. The minimum atomic E-state index is -1.27. The van der Waals surface area contributed by atoms with Gasteiger partial charge in [0, 0.05) is 36.8 Å². The molecule has 0 amide bonds. The van der Waals surface area contributed by atoms with Gasteiger partial charge in [0.1, 0.15) is 17.9 Å². The minimum absolute atomic E-state index is 0.0594. The van der Waals surface area contributed by atoms with Crippen molar-refractivity contribution in [3.05, 3.63) is 60.3 Å². The molecule has 0 saturated carbocycles. The van der Waals surface area contributed by atoms with E-state index in [0.29, 0.717) is 47.6 Å². The van der Waals surface area contributed by atoms with E-state index in [1.165, 1.54) is 0 Å². The molecule has 0 radical (unpaired) electrons. The van der Waals surface area contributed by atoms with E-state index in [1.54, 1.807) is 30.5 Å². The van der Waals surface area contributed by atoms with E-state index in [1.807, 2.05) is 43.3 Å². The van der Waals surface area contributed by atoms with Crippen LogP contribution in [0.4, 0.5) is 11.6 Å². The van der Waals surface area contributed by atoms with E-state index in [-0.39, 0.29) is 6.10 Å². The van der Waals surface area contributed by atoms with Gasteiger partial charge in [-0.2, -0.15) is 5.26 Å². The van der Waals surface area contributed by atoms with Crippen LogP contribution >= 0.6 is 0 Å². The highest BCUT2D eigenvalue weighted by Gasteiger charge is 2.18. The van der Waals surface area contributed by atoms with Crippen molar-refractivity contribution in [3.63, 3.8) is 0 Å². The number of rotatable bonds is 10. The molecule has 36 heavy (non-hydrogen) atoms. The van der Waals surface area contributed by atoms with Gasteiger partial charge in [-0.3, -0.25) is 0 Å². The molecule has 1 aliphatic heterocycles. The summed E-state index contributed by atoms with van der Waals surface area (Å²) in [5, 5.41) is 12.9. The first-order chi connectivity index (χ1) is 17.5. The van der Waals surface area contributed by atoms with Crippen LogP contribution in [0, 0.1) is 11.3 Å². The summed E-state index contributed by atoms with van der Waals surface area (Å²) >= 11 is -1.27.